The molecule has 0 fully saturated rings. The third-order valence-electron chi connectivity index (χ3n) is 2.80. The zero-order valence-corrected chi connectivity index (χ0v) is 13.4. The first-order valence-corrected chi connectivity index (χ1v) is 8.28. The van der Waals surface area contributed by atoms with E-state index in [-0.39, 0.29) is 16.7 Å². The van der Waals surface area contributed by atoms with E-state index in [4.69, 9.17) is 5.84 Å². The summed E-state index contributed by atoms with van der Waals surface area (Å²) in [5.41, 5.74) is 2.88. The van der Waals surface area contributed by atoms with E-state index in [1.165, 1.54) is 0 Å². The van der Waals surface area contributed by atoms with Crippen LogP contribution in [-0.2, 0) is 10.0 Å². The molecule has 1 rings (SSSR count). The van der Waals surface area contributed by atoms with Crippen LogP contribution in [-0.4, -0.2) is 25.8 Å². The van der Waals surface area contributed by atoms with Crippen LogP contribution in [0.25, 0.3) is 0 Å². The quantitative estimate of drug-likeness (QED) is 0.598. The van der Waals surface area contributed by atoms with Gasteiger partial charge in [0.1, 0.15) is 4.90 Å². The Kier molecular flexibility index (Phi) is 5.98. The van der Waals surface area contributed by atoms with Crippen molar-refractivity contribution < 1.29 is 8.42 Å². The van der Waals surface area contributed by atoms with E-state index >= 15 is 0 Å². The van der Waals surface area contributed by atoms with Crippen LogP contribution in [0.3, 0.4) is 0 Å². The summed E-state index contributed by atoms with van der Waals surface area (Å²) in [6.07, 6.45) is 0. The molecule has 0 radical (unpaired) electrons. The van der Waals surface area contributed by atoms with Crippen LogP contribution in [0.4, 0.5) is 5.69 Å². The van der Waals surface area contributed by atoms with Gasteiger partial charge in [-0.15, -0.1) is 0 Å². The minimum absolute atomic E-state index is 0.226. The topological polar surface area (TPSA) is 75.4 Å². The first-order chi connectivity index (χ1) is 9.28. The van der Waals surface area contributed by atoms with Crippen molar-refractivity contribution >= 4 is 15.7 Å². The van der Waals surface area contributed by atoms with Gasteiger partial charge in [0.2, 0.25) is 10.0 Å². The molecule has 0 aliphatic carbocycles. The van der Waals surface area contributed by atoms with E-state index in [1.807, 2.05) is 27.7 Å². The maximum Gasteiger partial charge on any atom is 0.245 e. The molecule has 3 N–H and O–H groups in total. The average molecular weight is 299 g/mol. The van der Waals surface area contributed by atoms with Gasteiger partial charge in [0.15, 0.2) is 0 Å². The lowest BCUT2D eigenvalue weighted by atomic mass is 10.2. The molecule has 0 unspecified atom stereocenters. The molecule has 0 spiro atoms. The minimum Gasteiger partial charge on any atom is -0.323 e. The smallest absolute Gasteiger partial charge is 0.245 e. The maximum atomic E-state index is 12.8. The number of nitrogens with zero attached hydrogens (tertiary/aromatic N) is 1. The molecule has 0 atom stereocenters. The summed E-state index contributed by atoms with van der Waals surface area (Å²) in [7, 11) is -3.54. The fraction of sp³-hybridized carbons (Fsp3) is 0.571. The minimum atomic E-state index is -3.54. The molecule has 0 bridgehead atoms. The molecular formula is C14H25N3O2S. The van der Waals surface area contributed by atoms with Gasteiger partial charge in [-0.1, -0.05) is 39.8 Å². The van der Waals surface area contributed by atoms with E-state index < -0.39 is 10.0 Å². The second kappa shape index (κ2) is 7.06. The Morgan fingerprint density at radius 1 is 1.10 bits per heavy atom. The highest BCUT2D eigenvalue weighted by molar-refractivity contribution is 7.89. The fourth-order valence-electron chi connectivity index (χ4n) is 2.04. The van der Waals surface area contributed by atoms with Crippen LogP contribution in [0, 0.1) is 11.8 Å². The van der Waals surface area contributed by atoms with Crippen LogP contribution in [0.1, 0.15) is 27.7 Å². The Morgan fingerprint density at radius 2 is 1.60 bits per heavy atom. The SMILES string of the molecule is CC(C)CN(CC(C)C)S(=O)(=O)c1ccccc1NN. The summed E-state index contributed by atoms with van der Waals surface area (Å²) in [4.78, 5) is 0.226. The number of nitrogens with two attached hydrogens (primary N) is 1. The molecule has 20 heavy (non-hydrogen) atoms. The highest BCUT2D eigenvalue weighted by Crippen LogP contribution is 2.25. The summed E-state index contributed by atoms with van der Waals surface area (Å²) < 4.78 is 27.2. The van der Waals surface area contributed by atoms with Crippen molar-refractivity contribution in [2.75, 3.05) is 18.5 Å². The van der Waals surface area contributed by atoms with Crippen molar-refractivity contribution in [2.45, 2.75) is 32.6 Å². The Hall–Kier alpha value is -1.11. The molecule has 0 amide bonds. The number of para-hydroxylation sites is 1. The van der Waals surface area contributed by atoms with E-state index in [2.05, 4.69) is 5.43 Å². The Balaban J connectivity index is 3.21. The lowest BCUT2D eigenvalue weighted by Crippen LogP contribution is -2.37. The van der Waals surface area contributed by atoms with Gasteiger partial charge in [-0.2, -0.15) is 4.31 Å². The van der Waals surface area contributed by atoms with Gasteiger partial charge in [-0.25, -0.2) is 8.42 Å². The fourth-order valence-corrected chi connectivity index (χ4v) is 3.96. The van der Waals surface area contributed by atoms with Crippen LogP contribution in [0.2, 0.25) is 0 Å². The lowest BCUT2D eigenvalue weighted by molar-refractivity contribution is 0.333. The van der Waals surface area contributed by atoms with Gasteiger partial charge in [0.25, 0.3) is 0 Å². The van der Waals surface area contributed by atoms with Crippen LogP contribution in [0.15, 0.2) is 29.2 Å². The van der Waals surface area contributed by atoms with Crippen molar-refractivity contribution in [2.24, 2.45) is 17.7 Å². The van der Waals surface area contributed by atoms with Crippen LogP contribution >= 0.6 is 0 Å². The number of nitrogens with one attached hydrogen (secondary N) is 1. The zero-order chi connectivity index (χ0) is 15.3. The molecule has 0 aromatic heterocycles. The normalized spacial score (nSPS) is 12.4. The molecule has 6 heteroatoms. The van der Waals surface area contributed by atoms with Gasteiger partial charge in [-0.3, -0.25) is 5.84 Å². The summed E-state index contributed by atoms with van der Waals surface area (Å²) >= 11 is 0. The molecule has 0 saturated carbocycles. The maximum absolute atomic E-state index is 12.8. The molecular weight excluding hydrogens is 274 g/mol. The Morgan fingerprint density at radius 3 is 2.05 bits per heavy atom. The zero-order valence-electron chi connectivity index (χ0n) is 12.6. The van der Waals surface area contributed by atoms with Gasteiger partial charge < -0.3 is 5.43 Å². The highest BCUT2D eigenvalue weighted by atomic mass is 32.2. The third kappa shape index (κ3) is 4.19. The van der Waals surface area contributed by atoms with Crippen molar-refractivity contribution in [3.63, 3.8) is 0 Å². The third-order valence-corrected chi connectivity index (χ3v) is 4.69. The first kappa shape index (κ1) is 16.9. The summed E-state index contributed by atoms with van der Waals surface area (Å²) in [6.45, 7) is 9.04. The standard InChI is InChI=1S/C14H25N3O2S/c1-11(2)9-17(10-12(3)4)20(18,19)14-8-6-5-7-13(14)16-15/h5-8,11-12,16H,9-10,15H2,1-4H3. The van der Waals surface area contributed by atoms with Crippen LogP contribution < -0.4 is 11.3 Å². The molecule has 5 nitrogen and oxygen atoms in total. The predicted octanol–water partition coefficient (Wildman–Crippen LogP) is 2.27. The van der Waals surface area contributed by atoms with E-state index in [9.17, 15) is 8.42 Å². The van der Waals surface area contributed by atoms with Crippen molar-refractivity contribution in [3.05, 3.63) is 24.3 Å². The highest BCUT2D eigenvalue weighted by Gasteiger charge is 2.27. The number of nitrogen functional groups attached to an aromatic ring is 1. The lowest BCUT2D eigenvalue weighted by Gasteiger charge is -2.26. The number of sulfonamides is 1. The number of hydrazine groups is 1. The summed E-state index contributed by atoms with van der Waals surface area (Å²) in [5, 5.41) is 0. The number of hydrogen-bond acceptors (Lipinski definition) is 4. The number of rotatable bonds is 7. The van der Waals surface area contributed by atoms with E-state index in [0.29, 0.717) is 18.8 Å². The first-order valence-electron chi connectivity index (χ1n) is 6.84. The summed E-state index contributed by atoms with van der Waals surface area (Å²) in [5.74, 6) is 5.95. The van der Waals surface area contributed by atoms with Crippen molar-refractivity contribution in [3.8, 4) is 0 Å². The van der Waals surface area contributed by atoms with Crippen LogP contribution in [0.5, 0.6) is 0 Å². The Labute approximate surface area is 122 Å². The largest absolute Gasteiger partial charge is 0.323 e. The van der Waals surface area contributed by atoms with Crippen molar-refractivity contribution in [1.29, 1.82) is 0 Å². The Bertz CT molecular complexity index is 517. The molecule has 1 aromatic carbocycles. The summed E-state index contributed by atoms with van der Waals surface area (Å²) in [6, 6.07) is 6.70. The second-order valence-electron chi connectivity index (χ2n) is 5.75. The molecule has 0 saturated heterocycles. The van der Waals surface area contributed by atoms with Gasteiger partial charge in [0.05, 0.1) is 5.69 Å². The molecule has 0 aliphatic rings. The average Bonchev–Trinajstić information content (AvgIpc) is 2.36. The van der Waals surface area contributed by atoms with Gasteiger partial charge in [0, 0.05) is 13.1 Å². The van der Waals surface area contributed by atoms with E-state index in [1.54, 1.807) is 28.6 Å². The molecule has 1 aromatic rings. The van der Waals surface area contributed by atoms with Crippen molar-refractivity contribution in [1.82, 2.24) is 4.31 Å². The van der Waals surface area contributed by atoms with Gasteiger partial charge >= 0.3 is 0 Å². The van der Waals surface area contributed by atoms with E-state index in [0.717, 1.165) is 0 Å². The monoisotopic (exact) mass is 299 g/mol. The molecule has 0 aliphatic heterocycles. The number of benzene rings is 1. The second-order valence-corrected chi connectivity index (χ2v) is 7.66. The molecule has 0 heterocycles. The predicted molar refractivity (Wildman–Crippen MR) is 82.7 cm³/mol. The van der Waals surface area contributed by atoms with Gasteiger partial charge in [-0.05, 0) is 24.0 Å². The number of anilines is 1. The molecule has 114 valence electrons. The number of hydrogen-bond donors (Lipinski definition) is 2.